The van der Waals surface area contributed by atoms with Gasteiger partial charge in [-0.15, -0.1) is 0 Å². The van der Waals surface area contributed by atoms with Gasteiger partial charge >= 0.3 is 68.9 Å². The van der Waals surface area contributed by atoms with Gasteiger partial charge in [0.25, 0.3) is 5.91 Å². The van der Waals surface area contributed by atoms with Crippen molar-refractivity contribution in [2.45, 2.75) is 53.9 Å². The number of benzene rings is 1. The molecule has 3 atom stereocenters. The summed E-state index contributed by atoms with van der Waals surface area (Å²) in [5.41, 5.74) is 6.65. The monoisotopic (exact) mass is 643 g/mol. The molecule has 0 spiro atoms. The van der Waals surface area contributed by atoms with E-state index in [0.29, 0.717) is 17.1 Å². The molecule has 39 heavy (non-hydrogen) atoms. The molecule has 6 nitrogen and oxygen atoms in total. The van der Waals surface area contributed by atoms with E-state index in [-0.39, 0.29) is 74.8 Å². The van der Waals surface area contributed by atoms with E-state index in [2.05, 4.69) is 78.0 Å². The summed E-state index contributed by atoms with van der Waals surface area (Å²) in [6, 6.07) is 8.38. The Bertz CT molecular complexity index is 1460. The van der Waals surface area contributed by atoms with Gasteiger partial charge in [-0.3, -0.25) is 9.78 Å². The Morgan fingerprint density at radius 1 is 1.08 bits per heavy atom. The van der Waals surface area contributed by atoms with E-state index < -0.39 is 0 Å². The quantitative estimate of drug-likeness (QED) is 0.370. The zero-order chi connectivity index (χ0) is 27.0. The fraction of sp³-hybridized carbons (Fsp3) is 0.469. The van der Waals surface area contributed by atoms with E-state index in [1.54, 1.807) is 13.2 Å². The molecule has 1 amide bonds. The predicted molar refractivity (Wildman–Crippen MR) is 157 cm³/mol. The maximum Gasteiger partial charge on any atom is 1.00 e. The minimum absolute atomic E-state index is 0. The van der Waals surface area contributed by atoms with Gasteiger partial charge in [0.15, 0.2) is 0 Å². The molecular formula is C32H40CsN5O. The number of rotatable bonds is 3. The van der Waals surface area contributed by atoms with Crippen LogP contribution in [0, 0.1) is 30.6 Å². The average Bonchev–Trinajstić information content (AvgIpc) is 3.36. The van der Waals surface area contributed by atoms with Crippen LogP contribution in [0.5, 0.6) is 0 Å². The number of aromatic nitrogens is 3. The number of hydrogen-bond donors (Lipinski definition) is 1. The van der Waals surface area contributed by atoms with Crippen molar-refractivity contribution in [3.63, 3.8) is 0 Å². The van der Waals surface area contributed by atoms with Gasteiger partial charge in [0.1, 0.15) is 0 Å². The number of anilines is 1. The third kappa shape index (κ3) is 6.44. The number of fused-ring (bicyclic) bond motifs is 2. The molecule has 6 rings (SSSR count). The van der Waals surface area contributed by atoms with Crippen LogP contribution in [0.3, 0.4) is 0 Å². The first kappa shape index (κ1) is 30.6. The van der Waals surface area contributed by atoms with E-state index >= 15 is 0 Å². The molecule has 4 aromatic rings. The molecule has 2 aliphatic rings. The molecule has 0 radical (unpaired) electrons. The van der Waals surface area contributed by atoms with Crippen molar-refractivity contribution in [1.82, 2.24) is 20.3 Å². The third-order valence-corrected chi connectivity index (χ3v) is 8.82. The number of piperidine rings is 1. The number of carbonyl (C=O) groups excluding carboxylic acids is 1. The second-order valence-corrected chi connectivity index (χ2v) is 11.6. The van der Waals surface area contributed by atoms with Gasteiger partial charge < -0.3 is 20.2 Å². The molecule has 4 heterocycles. The van der Waals surface area contributed by atoms with Crippen LogP contribution in [0.2, 0.25) is 0 Å². The molecule has 3 aromatic heterocycles. The number of nitrogens with zero attached hydrogens (tertiary/aromatic N) is 4. The van der Waals surface area contributed by atoms with Crippen LogP contribution >= 0.6 is 0 Å². The molecule has 7 heteroatoms. The molecule has 2 fully saturated rings. The van der Waals surface area contributed by atoms with Gasteiger partial charge in [0.05, 0.1) is 5.52 Å². The van der Waals surface area contributed by atoms with E-state index in [4.69, 9.17) is 0 Å². The zero-order valence-corrected chi connectivity index (χ0v) is 30.9. The summed E-state index contributed by atoms with van der Waals surface area (Å²) in [4.78, 5) is 28.2. The minimum Gasteiger partial charge on any atom is -0.442 e. The van der Waals surface area contributed by atoms with Gasteiger partial charge in [-0.25, -0.2) is 0 Å². The van der Waals surface area contributed by atoms with Crippen LogP contribution in [-0.4, -0.2) is 36.0 Å². The van der Waals surface area contributed by atoms with Crippen LogP contribution < -0.4 is 84.1 Å². The average molecular weight is 644 g/mol. The summed E-state index contributed by atoms with van der Waals surface area (Å²) in [5.74, 6) is 3.56. The number of aryl methyl sites for hydroxylation is 1. The van der Waals surface area contributed by atoms with E-state index in [1.807, 2.05) is 18.5 Å². The molecule has 1 aliphatic carbocycles. The molecule has 1 saturated carbocycles. The molecule has 1 aliphatic heterocycles. The SMILES string of the molecule is CC1CC(C)C1C.CNC(=O)c1cnc2[n-]cc(-c3cc(C)c4nccc(N5CCCC(C)C5)c4c3)c2c1.[Cs+]. The van der Waals surface area contributed by atoms with Crippen molar-refractivity contribution < 1.29 is 73.7 Å². The number of carbonyl (C=O) groups is 1. The summed E-state index contributed by atoms with van der Waals surface area (Å²) in [5, 5.41) is 4.71. The Labute approximate surface area is 291 Å². The van der Waals surface area contributed by atoms with Crippen molar-refractivity contribution in [3.05, 3.63) is 54.0 Å². The van der Waals surface area contributed by atoms with Gasteiger partial charge in [-0.05, 0) is 96.2 Å². The van der Waals surface area contributed by atoms with Crippen molar-refractivity contribution >= 4 is 33.5 Å². The zero-order valence-electron chi connectivity index (χ0n) is 24.6. The summed E-state index contributed by atoms with van der Waals surface area (Å²) in [6.07, 6.45) is 9.31. The molecule has 1 saturated heterocycles. The van der Waals surface area contributed by atoms with E-state index in [9.17, 15) is 4.79 Å². The number of amides is 1. The number of hydrogen-bond acceptors (Lipinski definition) is 4. The van der Waals surface area contributed by atoms with Gasteiger partial charge in [-0.2, -0.15) is 0 Å². The normalized spacial score (nSPS) is 22.5. The van der Waals surface area contributed by atoms with E-state index in [0.717, 1.165) is 63.8 Å². The third-order valence-electron chi connectivity index (χ3n) is 8.82. The molecule has 1 N–H and O–H groups in total. The van der Waals surface area contributed by atoms with Crippen LogP contribution in [0.15, 0.2) is 42.9 Å². The summed E-state index contributed by atoms with van der Waals surface area (Å²) in [6.45, 7) is 13.6. The number of nitrogens with one attached hydrogen (secondary N) is 1. The van der Waals surface area contributed by atoms with Crippen molar-refractivity contribution in [1.29, 1.82) is 0 Å². The minimum atomic E-state index is -0.151. The first-order valence-corrected chi connectivity index (χ1v) is 14.0. The molecule has 3 unspecified atom stereocenters. The second kappa shape index (κ2) is 13.1. The first-order chi connectivity index (χ1) is 18.3. The second-order valence-electron chi connectivity index (χ2n) is 11.6. The molecular weight excluding hydrogens is 603 g/mol. The smallest absolute Gasteiger partial charge is 0.442 e. The van der Waals surface area contributed by atoms with Crippen molar-refractivity contribution in [3.8, 4) is 11.1 Å². The Hall–Kier alpha value is -1.36. The fourth-order valence-electron chi connectivity index (χ4n) is 6.09. The van der Waals surface area contributed by atoms with Gasteiger partial charge in [0.2, 0.25) is 0 Å². The molecule has 0 bridgehead atoms. The topological polar surface area (TPSA) is 72.2 Å². The predicted octanol–water partition coefficient (Wildman–Crippen LogP) is 3.61. The maximum atomic E-state index is 12.1. The number of pyridine rings is 2. The van der Waals surface area contributed by atoms with Crippen LogP contribution in [0.4, 0.5) is 5.69 Å². The van der Waals surface area contributed by atoms with Crippen LogP contribution in [0.25, 0.3) is 33.1 Å². The molecule has 1 aromatic carbocycles. The van der Waals surface area contributed by atoms with Crippen molar-refractivity contribution in [2.75, 3.05) is 25.0 Å². The summed E-state index contributed by atoms with van der Waals surface area (Å²) < 4.78 is 0. The largest absolute Gasteiger partial charge is 1.00 e. The fourth-order valence-corrected chi connectivity index (χ4v) is 6.09. The summed E-state index contributed by atoms with van der Waals surface area (Å²) in [7, 11) is 1.62. The maximum absolute atomic E-state index is 12.1. The summed E-state index contributed by atoms with van der Waals surface area (Å²) >= 11 is 0. The Balaban J connectivity index is 0.000000386. The Morgan fingerprint density at radius 2 is 1.85 bits per heavy atom. The molecule has 200 valence electrons. The van der Waals surface area contributed by atoms with E-state index in [1.165, 1.54) is 24.9 Å². The van der Waals surface area contributed by atoms with Gasteiger partial charge in [0, 0.05) is 43.0 Å². The van der Waals surface area contributed by atoms with Crippen LogP contribution in [0.1, 0.15) is 62.9 Å². The standard InChI is InChI=1S/C25H27N5O.C7H14.Cs/c1-15-5-4-8-30(14-15)22-6-7-27-23-16(2)9-17(10-20(22)23)21-13-29-24-19(21)11-18(12-28-24)25(31)26-3;1-5-4-6(2)7(5)3;/h6-7,9-13,15H,4-5,8,14H2,1-3H3,(H2,26,28,29,31);5-7H,4H2,1-3H3;/q;;+1/p-1. The van der Waals surface area contributed by atoms with Crippen molar-refractivity contribution in [2.24, 2.45) is 23.7 Å². The van der Waals surface area contributed by atoms with Crippen LogP contribution in [-0.2, 0) is 0 Å². The Morgan fingerprint density at radius 3 is 2.49 bits per heavy atom. The van der Waals surface area contributed by atoms with Gasteiger partial charge in [-0.1, -0.05) is 45.7 Å². The Kier molecular flexibility index (Phi) is 10.3. The first-order valence-electron chi connectivity index (χ1n) is 14.0.